The molecule has 0 bridgehead atoms. The van der Waals surface area contributed by atoms with E-state index in [0.29, 0.717) is 16.9 Å². The zero-order valence-electron chi connectivity index (χ0n) is 25.4. The van der Waals surface area contributed by atoms with Crippen LogP contribution >= 0.6 is 11.8 Å². The summed E-state index contributed by atoms with van der Waals surface area (Å²) in [5.74, 6) is 0.116. The van der Waals surface area contributed by atoms with Crippen molar-refractivity contribution in [3.8, 4) is 0 Å². The van der Waals surface area contributed by atoms with Crippen LogP contribution in [0.15, 0.2) is 89.8 Å². The predicted octanol–water partition coefficient (Wildman–Crippen LogP) is 5.85. The molecule has 0 saturated carbocycles. The van der Waals surface area contributed by atoms with E-state index in [1.165, 1.54) is 10.9 Å². The Morgan fingerprint density at radius 3 is 2.42 bits per heavy atom. The fourth-order valence-corrected chi connectivity index (χ4v) is 6.65. The number of rotatable bonds is 9. The predicted molar refractivity (Wildman–Crippen MR) is 176 cm³/mol. The molecule has 1 aliphatic heterocycles. The SMILES string of the molecule is CN1CCc2c(cccc2C(=O)NC(CSc2ccc3ccccc3c2)C(O)Cc2ccccc2C(=O)NC(C)(C)C)C1. The third kappa shape index (κ3) is 7.85. The van der Waals surface area contributed by atoms with Crippen molar-refractivity contribution in [1.29, 1.82) is 0 Å². The monoisotopic (exact) mass is 595 g/mol. The van der Waals surface area contributed by atoms with Crippen LogP contribution < -0.4 is 10.6 Å². The molecular weight excluding hydrogens is 554 g/mol. The lowest BCUT2D eigenvalue weighted by molar-refractivity contribution is 0.0848. The molecule has 0 fully saturated rings. The van der Waals surface area contributed by atoms with Crippen LogP contribution in [-0.2, 0) is 19.4 Å². The molecule has 2 atom stereocenters. The van der Waals surface area contributed by atoms with Crippen molar-refractivity contribution >= 4 is 34.3 Å². The van der Waals surface area contributed by atoms with E-state index in [1.807, 2.05) is 63.2 Å². The molecule has 1 heterocycles. The lowest BCUT2D eigenvalue weighted by Gasteiger charge is -2.28. The van der Waals surface area contributed by atoms with Crippen molar-refractivity contribution in [3.63, 3.8) is 0 Å². The first-order valence-electron chi connectivity index (χ1n) is 14.9. The van der Waals surface area contributed by atoms with Gasteiger partial charge >= 0.3 is 0 Å². The summed E-state index contributed by atoms with van der Waals surface area (Å²) in [6.07, 6.45) is 0.130. The normalized spacial score (nSPS) is 15.0. The highest BCUT2D eigenvalue weighted by Crippen LogP contribution is 2.27. The number of hydrogen-bond acceptors (Lipinski definition) is 5. The minimum absolute atomic E-state index is 0.177. The summed E-state index contributed by atoms with van der Waals surface area (Å²) in [6.45, 7) is 7.54. The highest BCUT2D eigenvalue weighted by Gasteiger charge is 2.27. The summed E-state index contributed by atoms with van der Waals surface area (Å²) in [5.41, 5.74) is 3.81. The second-order valence-electron chi connectivity index (χ2n) is 12.5. The van der Waals surface area contributed by atoms with Crippen LogP contribution in [-0.4, -0.2) is 58.9 Å². The molecule has 224 valence electrons. The van der Waals surface area contributed by atoms with Gasteiger partial charge in [-0.15, -0.1) is 11.8 Å². The van der Waals surface area contributed by atoms with Gasteiger partial charge in [-0.2, -0.15) is 0 Å². The highest BCUT2D eigenvalue weighted by atomic mass is 32.2. The van der Waals surface area contributed by atoms with Gasteiger partial charge in [-0.3, -0.25) is 9.59 Å². The van der Waals surface area contributed by atoms with Crippen LogP contribution in [0, 0.1) is 0 Å². The van der Waals surface area contributed by atoms with E-state index in [9.17, 15) is 14.7 Å². The summed E-state index contributed by atoms with van der Waals surface area (Å²) in [5, 5.41) is 20.2. The maximum absolute atomic E-state index is 13.8. The lowest BCUT2D eigenvalue weighted by atomic mass is 9.93. The maximum atomic E-state index is 13.8. The minimum Gasteiger partial charge on any atom is -0.391 e. The van der Waals surface area contributed by atoms with Crippen molar-refractivity contribution in [2.45, 2.75) is 62.7 Å². The average Bonchev–Trinajstić information content (AvgIpc) is 2.97. The first-order valence-corrected chi connectivity index (χ1v) is 15.9. The van der Waals surface area contributed by atoms with E-state index in [4.69, 9.17) is 0 Å². The zero-order chi connectivity index (χ0) is 30.6. The quantitative estimate of drug-likeness (QED) is 0.212. The molecule has 0 aromatic heterocycles. The maximum Gasteiger partial charge on any atom is 0.251 e. The van der Waals surface area contributed by atoms with Gasteiger partial charge in [0.05, 0.1) is 12.1 Å². The first-order chi connectivity index (χ1) is 20.6. The van der Waals surface area contributed by atoms with E-state index < -0.39 is 12.1 Å². The number of thioether (sulfide) groups is 1. The van der Waals surface area contributed by atoms with Crippen LogP contribution in [0.25, 0.3) is 10.8 Å². The topological polar surface area (TPSA) is 81.7 Å². The number of fused-ring (bicyclic) bond motifs is 2. The molecular formula is C36H41N3O3S. The third-order valence-corrected chi connectivity index (χ3v) is 8.93. The Morgan fingerprint density at radius 2 is 1.63 bits per heavy atom. The van der Waals surface area contributed by atoms with Gasteiger partial charge in [-0.05, 0) is 86.0 Å². The minimum atomic E-state index is -0.911. The largest absolute Gasteiger partial charge is 0.391 e. The highest BCUT2D eigenvalue weighted by molar-refractivity contribution is 7.99. The van der Waals surface area contributed by atoms with Gasteiger partial charge < -0.3 is 20.6 Å². The fourth-order valence-electron chi connectivity index (χ4n) is 5.60. The van der Waals surface area contributed by atoms with Gasteiger partial charge in [0.15, 0.2) is 0 Å². The van der Waals surface area contributed by atoms with E-state index in [1.54, 1.807) is 17.8 Å². The molecule has 1 aliphatic rings. The lowest BCUT2D eigenvalue weighted by Crippen LogP contribution is -2.47. The van der Waals surface area contributed by atoms with Gasteiger partial charge in [-0.25, -0.2) is 0 Å². The van der Waals surface area contributed by atoms with Crippen molar-refractivity contribution < 1.29 is 14.7 Å². The number of carbonyl (C=O) groups is 2. The average molecular weight is 596 g/mol. The number of aliphatic hydroxyl groups excluding tert-OH is 1. The Morgan fingerprint density at radius 1 is 0.907 bits per heavy atom. The van der Waals surface area contributed by atoms with Crippen molar-refractivity contribution in [2.24, 2.45) is 0 Å². The molecule has 2 amide bonds. The van der Waals surface area contributed by atoms with Gasteiger partial charge in [0.2, 0.25) is 0 Å². The van der Waals surface area contributed by atoms with E-state index >= 15 is 0 Å². The number of nitrogens with one attached hydrogen (secondary N) is 2. The number of benzene rings is 4. The molecule has 4 aromatic rings. The number of aliphatic hydroxyl groups is 1. The Balaban J connectivity index is 1.39. The Hall–Kier alpha value is -3.65. The first kappa shape index (κ1) is 30.8. The van der Waals surface area contributed by atoms with Crippen LogP contribution in [0.4, 0.5) is 0 Å². The van der Waals surface area contributed by atoms with Gasteiger partial charge in [0, 0.05) is 46.8 Å². The van der Waals surface area contributed by atoms with Gasteiger partial charge in [0.25, 0.3) is 11.8 Å². The smallest absolute Gasteiger partial charge is 0.251 e. The number of amides is 2. The summed E-state index contributed by atoms with van der Waals surface area (Å²) in [4.78, 5) is 30.2. The molecule has 5 rings (SSSR count). The van der Waals surface area contributed by atoms with Gasteiger partial charge in [0.1, 0.15) is 0 Å². The van der Waals surface area contributed by atoms with Crippen molar-refractivity contribution in [1.82, 2.24) is 15.5 Å². The molecule has 43 heavy (non-hydrogen) atoms. The standard InChI is InChI=1S/C36H41N3O3S/c1-36(2,3)38-35(42)30-14-8-7-12-26(30)21-33(40)32(23-43-28-17-16-24-10-5-6-11-25(24)20-28)37-34(41)31-15-9-13-27-22-39(4)19-18-29(27)31/h5-17,20,32-33,40H,18-19,21-23H2,1-4H3,(H,37,41)(H,38,42). The van der Waals surface area contributed by atoms with Crippen LogP contribution in [0.3, 0.4) is 0 Å². The van der Waals surface area contributed by atoms with Crippen LogP contribution in [0.2, 0.25) is 0 Å². The van der Waals surface area contributed by atoms with E-state index in [2.05, 4.69) is 59.0 Å². The fraction of sp³-hybridized carbons (Fsp3) is 0.333. The number of carbonyl (C=O) groups excluding carboxylic acids is 2. The Kier molecular flexibility index (Phi) is 9.55. The zero-order valence-corrected chi connectivity index (χ0v) is 26.2. The van der Waals surface area contributed by atoms with Crippen LogP contribution in [0.1, 0.15) is 58.2 Å². The van der Waals surface area contributed by atoms with E-state index in [0.717, 1.165) is 40.9 Å². The molecule has 2 unspecified atom stereocenters. The van der Waals surface area contributed by atoms with E-state index in [-0.39, 0.29) is 23.8 Å². The van der Waals surface area contributed by atoms with Crippen molar-refractivity contribution in [3.05, 3.63) is 113 Å². The molecule has 4 aromatic carbocycles. The summed E-state index contributed by atoms with van der Waals surface area (Å²) in [6, 6.07) is 27.3. The number of nitrogens with zero attached hydrogens (tertiary/aromatic N) is 1. The second-order valence-corrected chi connectivity index (χ2v) is 13.6. The van der Waals surface area contributed by atoms with Crippen LogP contribution in [0.5, 0.6) is 0 Å². The van der Waals surface area contributed by atoms with Gasteiger partial charge in [-0.1, -0.05) is 60.7 Å². The molecule has 0 saturated heterocycles. The summed E-state index contributed by atoms with van der Waals surface area (Å²) < 4.78 is 0. The number of likely N-dealkylation sites (N-methyl/N-ethyl adjacent to an activating group) is 1. The molecule has 0 spiro atoms. The second kappa shape index (κ2) is 13.3. The Labute approximate surface area is 258 Å². The molecule has 7 heteroatoms. The molecule has 0 radical (unpaired) electrons. The summed E-state index contributed by atoms with van der Waals surface area (Å²) >= 11 is 1.61. The molecule has 0 aliphatic carbocycles. The Bertz CT molecular complexity index is 1610. The molecule has 6 nitrogen and oxygen atoms in total. The summed E-state index contributed by atoms with van der Waals surface area (Å²) in [7, 11) is 2.09. The third-order valence-electron chi connectivity index (χ3n) is 7.81. The number of hydrogen-bond donors (Lipinski definition) is 3. The van der Waals surface area contributed by atoms with Crippen molar-refractivity contribution in [2.75, 3.05) is 19.3 Å². The molecule has 3 N–H and O–H groups in total.